The third kappa shape index (κ3) is 3.78. The zero-order chi connectivity index (χ0) is 17.1. The van der Waals surface area contributed by atoms with Gasteiger partial charge in [0.25, 0.3) is 0 Å². The molecule has 130 valence electrons. The standard InChI is InChI=1S/C19H27N3O2/c1-15-5-3-4-6-17(15)14-21-9-11-22(12-10-21)19(24)16-7-8-20(2)18(23)13-16/h3-6,16H,7-14H2,1-2H3/t16-/m1/s1. The lowest BCUT2D eigenvalue weighted by Gasteiger charge is -2.38. The molecule has 0 aliphatic carbocycles. The van der Waals surface area contributed by atoms with Crippen molar-refractivity contribution in [2.75, 3.05) is 39.8 Å². The summed E-state index contributed by atoms with van der Waals surface area (Å²) in [5, 5.41) is 0. The molecule has 1 aromatic carbocycles. The highest BCUT2D eigenvalue weighted by Crippen LogP contribution is 2.21. The molecule has 5 heteroatoms. The maximum atomic E-state index is 12.7. The van der Waals surface area contributed by atoms with Crippen molar-refractivity contribution >= 4 is 11.8 Å². The maximum Gasteiger partial charge on any atom is 0.226 e. The fourth-order valence-electron chi connectivity index (χ4n) is 3.57. The molecular formula is C19H27N3O2. The number of hydrogen-bond acceptors (Lipinski definition) is 3. The molecule has 0 spiro atoms. The summed E-state index contributed by atoms with van der Waals surface area (Å²) in [6, 6.07) is 8.47. The molecule has 2 aliphatic rings. The van der Waals surface area contributed by atoms with Crippen molar-refractivity contribution in [3.8, 4) is 0 Å². The van der Waals surface area contributed by atoms with Crippen molar-refractivity contribution in [3.05, 3.63) is 35.4 Å². The first kappa shape index (κ1) is 17.0. The molecule has 0 radical (unpaired) electrons. The summed E-state index contributed by atoms with van der Waals surface area (Å²) >= 11 is 0. The summed E-state index contributed by atoms with van der Waals surface area (Å²) in [7, 11) is 1.81. The first-order chi connectivity index (χ1) is 11.5. The van der Waals surface area contributed by atoms with Crippen molar-refractivity contribution in [1.82, 2.24) is 14.7 Å². The van der Waals surface area contributed by atoms with Crippen molar-refractivity contribution in [3.63, 3.8) is 0 Å². The van der Waals surface area contributed by atoms with Gasteiger partial charge in [-0.15, -0.1) is 0 Å². The number of amides is 2. The van der Waals surface area contributed by atoms with Gasteiger partial charge in [0.15, 0.2) is 0 Å². The van der Waals surface area contributed by atoms with Gasteiger partial charge in [-0.25, -0.2) is 0 Å². The van der Waals surface area contributed by atoms with Gasteiger partial charge in [0.2, 0.25) is 11.8 Å². The SMILES string of the molecule is Cc1ccccc1CN1CCN(C(=O)[C@@H]2CCN(C)C(=O)C2)CC1. The molecular weight excluding hydrogens is 302 g/mol. The summed E-state index contributed by atoms with van der Waals surface area (Å²) < 4.78 is 0. The topological polar surface area (TPSA) is 43.9 Å². The molecule has 2 heterocycles. The number of carbonyl (C=O) groups is 2. The van der Waals surface area contributed by atoms with Gasteiger partial charge in [0.1, 0.15) is 0 Å². The molecule has 2 saturated heterocycles. The minimum absolute atomic E-state index is 0.0952. The number of aryl methyl sites for hydroxylation is 1. The molecule has 0 bridgehead atoms. The second kappa shape index (κ2) is 7.34. The van der Waals surface area contributed by atoms with E-state index in [0.717, 1.165) is 39.1 Å². The maximum absolute atomic E-state index is 12.7. The van der Waals surface area contributed by atoms with E-state index in [1.807, 2.05) is 11.9 Å². The Bertz CT molecular complexity index is 608. The lowest BCUT2D eigenvalue weighted by Crippen LogP contribution is -2.51. The first-order valence-corrected chi connectivity index (χ1v) is 8.84. The average molecular weight is 329 g/mol. The van der Waals surface area contributed by atoms with Crippen molar-refractivity contribution in [2.24, 2.45) is 5.92 Å². The van der Waals surface area contributed by atoms with E-state index in [9.17, 15) is 9.59 Å². The van der Waals surface area contributed by atoms with Gasteiger partial charge in [-0.05, 0) is 24.5 Å². The number of benzene rings is 1. The molecule has 5 nitrogen and oxygen atoms in total. The van der Waals surface area contributed by atoms with Gasteiger partial charge in [0, 0.05) is 58.7 Å². The Morgan fingerprint density at radius 1 is 1.12 bits per heavy atom. The minimum atomic E-state index is -0.114. The van der Waals surface area contributed by atoms with Crippen LogP contribution in [-0.2, 0) is 16.1 Å². The van der Waals surface area contributed by atoms with Crippen LogP contribution in [0.1, 0.15) is 24.0 Å². The van der Waals surface area contributed by atoms with E-state index in [1.54, 1.807) is 4.90 Å². The van der Waals surface area contributed by atoms with Crippen LogP contribution in [0.2, 0.25) is 0 Å². The highest BCUT2D eigenvalue weighted by Gasteiger charge is 2.32. The fourth-order valence-corrected chi connectivity index (χ4v) is 3.57. The van der Waals surface area contributed by atoms with Crippen LogP contribution in [0.5, 0.6) is 0 Å². The third-order valence-electron chi connectivity index (χ3n) is 5.35. The minimum Gasteiger partial charge on any atom is -0.346 e. The molecule has 3 rings (SSSR count). The molecule has 24 heavy (non-hydrogen) atoms. The summed E-state index contributed by atoms with van der Waals surface area (Å²) in [4.78, 5) is 30.6. The van der Waals surface area contributed by atoms with Crippen LogP contribution in [-0.4, -0.2) is 66.3 Å². The molecule has 0 N–H and O–H groups in total. The molecule has 2 fully saturated rings. The van der Waals surface area contributed by atoms with Gasteiger partial charge in [-0.3, -0.25) is 14.5 Å². The molecule has 2 amide bonds. The van der Waals surface area contributed by atoms with Crippen LogP contribution in [0.3, 0.4) is 0 Å². The van der Waals surface area contributed by atoms with E-state index in [1.165, 1.54) is 11.1 Å². The Morgan fingerprint density at radius 3 is 2.50 bits per heavy atom. The lowest BCUT2D eigenvalue weighted by atomic mass is 9.94. The van der Waals surface area contributed by atoms with E-state index in [0.29, 0.717) is 13.0 Å². The Labute approximate surface area is 144 Å². The number of nitrogens with zero attached hydrogens (tertiary/aromatic N) is 3. The zero-order valence-electron chi connectivity index (χ0n) is 14.7. The lowest BCUT2D eigenvalue weighted by molar-refractivity contribution is -0.145. The number of carbonyl (C=O) groups excluding carboxylic acids is 2. The predicted octanol–water partition coefficient (Wildman–Crippen LogP) is 1.51. The number of rotatable bonds is 3. The number of hydrogen-bond donors (Lipinski definition) is 0. The van der Waals surface area contributed by atoms with Gasteiger partial charge < -0.3 is 9.80 Å². The van der Waals surface area contributed by atoms with Crippen molar-refractivity contribution in [2.45, 2.75) is 26.3 Å². The normalized spacial score (nSPS) is 22.8. The average Bonchev–Trinajstić information content (AvgIpc) is 2.59. The molecule has 0 unspecified atom stereocenters. The van der Waals surface area contributed by atoms with Crippen LogP contribution < -0.4 is 0 Å². The zero-order valence-corrected chi connectivity index (χ0v) is 14.7. The van der Waals surface area contributed by atoms with E-state index in [-0.39, 0.29) is 17.7 Å². The van der Waals surface area contributed by atoms with Crippen LogP contribution in [0, 0.1) is 12.8 Å². The molecule has 2 aliphatic heterocycles. The molecule has 0 aromatic heterocycles. The highest BCUT2D eigenvalue weighted by molar-refractivity contribution is 5.87. The van der Waals surface area contributed by atoms with Crippen LogP contribution in [0.25, 0.3) is 0 Å². The number of piperidine rings is 1. The second-order valence-electron chi connectivity index (χ2n) is 7.03. The molecule has 1 aromatic rings. The fraction of sp³-hybridized carbons (Fsp3) is 0.579. The number of piperazine rings is 1. The van der Waals surface area contributed by atoms with Gasteiger partial charge >= 0.3 is 0 Å². The Balaban J connectivity index is 1.51. The van der Waals surface area contributed by atoms with Crippen LogP contribution in [0.4, 0.5) is 0 Å². The van der Waals surface area contributed by atoms with Crippen molar-refractivity contribution in [1.29, 1.82) is 0 Å². The Kier molecular flexibility index (Phi) is 5.19. The first-order valence-electron chi connectivity index (χ1n) is 8.84. The van der Waals surface area contributed by atoms with Gasteiger partial charge in [-0.1, -0.05) is 24.3 Å². The van der Waals surface area contributed by atoms with E-state index in [2.05, 4.69) is 36.1 Å². The summed E-state index contributed by atoms with van der Waals surface area (Å²) in [5.41, 5.74) is 2.68. The monoisotopic (exact) mass is 329 g/mol. The van der Waals surface area contributed by atoms with E-state index in [4.69, 9.17) is 0 Å². The number of likely N-dealkylation sites (tertiary alicyclic amines) is 1. The van der Waals surface area contributed by atoms with Crippen molar-refractivity contribution < 1.29 is 9.59 Å². The third-order valence-corrected chi connectivity index (χ3v) is 5.35. The predicted molar refractivity (Wildman–Crippen MR) is 93.4 cm³/mol. The van der Waals surface area contributed by atoms with Gasteiger partial charge in [-0.2, -0.15) is 0 Å². The smallest absolute Gasteiger partial charge is 0.226 e. The van der Waals surface area contributed by atoms with Gasteiger partial charge in [0.05, 0.1) is 0 Å². The van der Waals surface area contributed by atoms with Crippen LogP contribution in [0.15, 0.2) is 24.3 Å². The molecule has 0 saturated carbocycles. The highest BCUT2D eigenvalue weighted by atomic mass is 16.2. The summed E-state index contributed by atoms with van der Waals surface area (Å²) in [6.07, 6.45) is 1.17. The largest absolute Gasteiger partial charge is 0.346 e. The van der Waals surface area contributed by atoms with Crippen LogP contribution >= 0.6 is 0 Å². The Hall–Kier alpha value is -1.88. The summed E-state index contributed by atoms with van der Waals surface area (Å²) in [5.74, 6) is 0.154. The Morgan fingerprint density at radius 2 is 1.83 bits per heavy atom. The quantitative estimate of drug-likeness (QED) is 0.844. The molecule has 1 atom stereocenters. The second-order valence-corrected chi connectivity index (χ2v) is 7.03. The van der Waals surface area contributed by atoms with E-state index < -0.39 is 0 Å². The van der Waals surface area contributed by atoms with E-state index >= 15 is 0 Å². The summed E-state index contributed by atoms with van der Waals surface area (Å²) in [6.45, 7) is 7.13.